The highest BCUT2D eigenvalue weighted by atomic mass is 16.3. The second-order valence-corrected chi connectivity index (χ2v) is 5.36. The van der Waals surface area contributed by atoms with Crippen molar-refractivity contribution in [2.75, 3.05) is 6.61 Å². The van der Waals surface area contributed by atoms with Crippen LogP contribution in [0.15, 0.2) is 24.3 Å². The summed E-state index contributed by atoms with van der Waals surface area (Å²) in [7, 11) is 0. The van der Waals surface area contributed by atoms with Gasteiger partial charge in [0.1, 0.15) is 0 Å². The number of benzene rings is 1. The van der Waals surface area contributed by atoms with Gasteiger partial charge in [-0.2, -0.15) is 0 Å². The number of aliphatic hydroxyl groups excluding tert-OH is 1. The van der Waals surface area contributed by atoms with E-state index in [1.807, 2.05) is 0 Å². The van der Waals surface area contributed by atoms with Crippen LogP contribution in [0.4, 0.5) is 0 Å². The fourth-order valence-corrected chi connectivity index (χ4v) is 2.23. The lowest BCUT2D eigenvalue weighted by atomic mass is 9.91. The molecule has 0 spiro atoms. The maximum atomic E-state index is 9.63. The van der Waals surface area contributed by atoms with E-state index in [1.165, 1.54) is 30.4 Å². The third kappa shape index (κ3) is 3.08. The third-order valence-electron chi connectivity index (χ3n) is 3.55. The van der Waals surface area contributed by atoms with E-state index in [0.29, 0.717) is 6.04 Å². The van der Waals surface area contributed by atoms with Crippen LogP contribution in [-0.2, 0) is 12.0 Å². The molecule has 0 saturated heterocycles. The molecule has 1 unspecified atom stereocenters. The van der Waals surface area contributed by atoms with Gasteiger partial charge in [-0.15, -0.1) is 0 Å². The number of rotatable bonds is 6. The molecule has 0 amide bonds. The van der Waals surface area contributed by atoms with Crippen LogP contribution in [0.5, 0.6) is 0 Å². The first-order chi connectivity index (χ1) is 8.18. The Balaban J connectivity index is 2.12. The molecule has 1 aliphatic carbocycles. The molecule has 2 rings (SSSR count). The molecule has 1 saturated carbocycles. The Morgan fingerprint density at radius 1 is 1.29 bits per heavy atom. The van der Waals surface area contributed by atoms with Crippen molar-refractivity contribution >= 4 is 0 Å². The van der Waals surface area contributed by atoms with E-state index in [9.17, 15) is 5.11 Å². The zero-order valence-corrected chi connectivity index (χ0v) is 10.9. The minimum Gasteiger partial charge on any atom is -0.394 e. The lowest BCUT2D eigenvalue weighted by Gasteiger charge is -2.29. The number of nitrogens with one attached hydrogen (secondary N) is 1. The van der Waals surface area contributed by atoms with Gasteiger partial charge in [0.2, 0.25) is 0 Å². The summed E-state index contributed by atoms with van der Waals surface area (Å²) in [4.78, 5) is 0. The van der Waals surface area contributed by atoms with E-state index in [2.05, 4.69) is 43.4 Å². The van der Waals surface area contributed by atoms with Crippen molar-refractivity contribution in [1.82, 2.24) is 5.32 Å². The van der Waals surface area contributed by atoms with E-state index < -0.39 is 0 Å². The molecule has 2 N–H and O–H groups in total. The van der Waals surface area contributed by atoms with Gasteiger partial charge in [0.05, 0.1) is 12.1 Å². The molecule has 0 radical (unpaired) electrons. The SMILES string of the molecule is CCCc1ccc(C(C)(CO)NC2CC2)cc1. The van der Waals surface area contributed by atoms with Gasteiger partial charge in [0.15, 0.2) is 0 Å². The van der Waals surface area contributed by atoms with E-state index in [0.717, 1.165) is 6.42 Å². The highest BCUT2D eigenvalue weighted by molar-refractivity contribution is 5.29. The van der Waals surface area contributed by atoms with Crippen LogP contribution in [0, 0.1) is 0 Å². The summed E-state index contributed by atoms with van der Waals surface area (Å²) in [6.45, 7) is 4.43. The molecule has 2 heteroatoms. The molecule has 1 aliphatic rings. The normalized spacial score (nSPS) is 19.0. The van der Waals surface area contributed by atoms with Crippen LogP contribution < -0.4 is 5.32 Å². The molecule has 1 aromatic carbocycles. The molecule has 0 bridgehead atoms. The fraction of sp³-hybridized carbons (Fsp3) is 0.600. The second-order valence-electron chi connectivity index (χ2n) is 5.36. The molecule has 0 aliphatic heterocycles. The van der Waals surface area contributed by atoms with Gasteiger partial charge in [-0.1, -0.05) is 37.6 Å². The topological polar surface area (TPSA) is 32.3 Å². The molecule has 1 fully saturated rings. The zero-order valence-electron chi connectivity index (χ0n) is 10.9. The summed E-state index contributed by atoms with van der Waals surface area (Å²) in [6, 6.07) is 9.26. The van der Waals surface area contributed by atoms with Crippen LogP contribution in [-0.4, -0.2) is 17.8 Å². The van der Waals surface area contributed by atoms with Crippen molar-refractivity contribution in [1.29, 1.82) is 0 Å². The first-order valence-corrected chi connectivity index (χ1v) is 6.66. The summed E-state index contributed by atoms with van der Waals surface area (Å²) in [5, 5.41) is 13.2. The number of hydrogen-bond donors (Lipinski definition) is 2. The predicted octanol–water partition coefficient (Wildman–Crippen LogP) is 2.60. The predicted molar refractivity (Wildman–Crippen MR) is 71.0 cm³/mol. The summed E-state index contributed by atoms with van der Waals surface area (Å²) in [5.74, 6) is 0. The lowest BCUT2D eigenvalue weighted by molar-refractivity contribution is 0.173. The van der Waals surface area contributed by atoms with E-state index in [4.69, 9.17) is 0 Å². The summed E-state index contributed by atoms with van der Waals surface area (Å²) >= 11 is 0. The molecule has 17 heavy (non-hydrogen) atoms. The van der Waals surface area contributed by atoms with Crippen molar-refractivity contribution in [3.8, 4) is 0 Å². The van der Waals surface area contributed by atoms with Crippen molar-refractivity contribution in [2.45, 2.75) is 51.1 Å². The van der Waals surface area contributed by atoms with Gasteiger partial charge in [0, 0.05) is 6.04 Å². The van der Waals surface area contributed by atoms with Gasteiger partial charge in [-0.3, -0.25) is 0 Å². The van der Waals surface area contributed by atoms with Gasteiger partial charge in [-0.25, -0.2) is 0 Å². The molecule has 94 valence electrons. The van der Waals surface area contributed by atoms with Gasteiger partial charge >= 0.3 is 0 Å². The Kier molecular flexibility index (Phi) is 3.85. The molecule has 1 atom stereocenters. The monoisotopic (exact) mass is 233 g/mol. The lowest BCUT2D eigenvalue weighted by Crippen LogP contribution is -2.44. The number of aliphatic hydroxyl groups is 1. The minimum absolute atomic E-state index is 0.149. The van der Waals surface area contributed by atoms with E-state index >= 15 is 0 Å². The standard InChI is InChI=1S/C15H23NO/c1-3-4-12-5-7-13(8-6-12)15(2,11-17)16-14-9-10-14/h5-8,14,16-17H,3-4,9-11H2,1-2H3. The quantitative estimate of drug-likeness (QED) is 0.791. The Hall–Kier alpha value is -0.860. The van der Waals surface area contributed by atoms with E-state index in [-0.39, 0.29) is 12.1 Å². The summed E-state index contributed by atoms with van der Waals surface area (Å²) < 4.78 is 0. The molecule has 2 nitrogen and oxygen atoms in total. The Morgan fingerprint density at radius 2 is 1.94 bits per heavy atom. The fourth-order valence-electron chi connectivity index (χ4n) is 2.23. The van der Waals surface area contributed by atoms with Crippen molar-refractivity contribution < 1.29 is 5.11 Å². The van der Waals surface area contributed by atoms with Gasteiger partial charge in [-0.05, 0) is 37.3 Å². The molecular formula is C15H23NO. The highest BCUT2D eigenvalue weighted by Gasteiger charge is 2.33. The number of hydrogen-bond acceptors (Lipinski definition) is 2. The highest BCUT2D eigenvalue weighted by Crippen LogP contribution is 2.28. The minimum atomic E-state index is -0.286. The first-order valence-electron chi connectivity index (χ1n) is 6.66. The molecule has 0 heterocycles. The molecular weight excluding hydrogens is 210 g/mol. The van der Waals surface area contributed by atoms with Crippen LogP contribution in [0.25, 0.3) is 0 Å². The first kappa shape index (κ1) is 12.6. The Morgan fingerprint density at radius 3 is 2.41 bits per heavy atom. The molecule has 0 aromatic heterocycles. The van der Waals surface area contributed by atoms with Crippen LogP contribution in [0.1, 0.15) is 44.2 Å². The average molecular weight is 233 g/mol. The van der Waals surface area contributed by atoms with Crippen LogP contribution in [0.3, 0.4) is 0 Å². The second kappa shape index (κ2) is 5.19. The van der Waals surface area contributed by atoms with E-state index in [1.54, 1.807) is 0 Å². The summed E-state index contributed by atoms with van der Waals surface area (Å²) in [5.41, 5.74) is 2.28. The largest absolute Gasteiger partial charge is 0.394 e. The third-order valence-corrected chi connectivity index (χ3v) is 3.55. The maximum absolute atomic E-state index is 9.63. The molecule has 1 aromatic rings. The zero-order chi connectivity index (χ0) is 12.3. The van der Waals surface area contributed by atoms with Crippen molar-refractivity contribution in [3.05, 3.63) is 35.4 Å². The average Bonchev–Trinajstić information content (AvgIpc) is 3.14. The van der Waals surface area contributed by atoms with Gasteiger partial charge in [0.25, 0.3) is 0 Å². The van der Waals surface area contributed by atoms with Crippen molar-refractivity contribution in [3.63, 3.8) is 0 Å². The summed E-state index contributed by atoms with van der Waals surface area (Å²) in [6.07, 6.45) is 4.79. The Labute approximate surface area is 104 Å². The van der Waals surface area contributed by atoms with Crippen molar-refractivity contribution in [2.24, 2.45) is 0 Å². The van der Waals surface area contributed by atoms with Gasteiger partial charge < -0.3 is 10.4 Å². The maximum Gasteiger partial charge on any atom is 0.0652 e. The Bertz CT molecular complexity index is 356. The number of aryl methyl sites for hydroxylation is 1. The van der Waals surface area contributed by atoms with Crippen LogP contribution in [0.2, 0.25) is 0 Å². The smallest absolute Gasteiger partial charge is 0.0652 e. The van der Waals surface area contributed by atoms with Crippen LogP contribution >= 0.6 is 0 Å².